The van der Waals surface area contributed by atoms with E-state index in [1.165, 1.54) is 0 Å². The van der Waals surface area contributed by atoms with Gasteiger partial charge in [-0.15, -0.1) is 11.3 Å². The molecular weight excluding hydrogens is 290 g/mol. The Hall–Kier alpha value is -1.66. The van der Waals surface area contributed by atoms with Crippen LogP contribution in [0.15, 0.2) is 23.6 Å². The molecule has 0 spiro atoms. The van der Waals surface area contributed by atoms with Crippen LogP contribution < -0.4 is 0 Å². The second-order valence-electron chi connectivity index (χ2n) is 4.89. The molecule has 1 aliphatic heterocycles. The molecule has 114 valence electrons. The average molecular weight is 309 g/mol. The molecule has 1 aromatic heterocycles. The molecule has 1 N–H and O–H groups in total. The van der Waals surface area contributed by atoms with Crippen LogP contribution in [-0.2, 0) is 14.3 Å². The maximum absolute atomic E-state index is 12.0. The predicted molar refractivity (Wildman–Crippen MR) is 81.2 cm³/mol. The third kappa shape index (κ3) is 5.32. The molecule has 1 fully saturated rings. The molecule has 0 aliphatic carbocycles. The SMILES string of the molecule is O=C(O)CCOC1CCN(C(=O)C=Cc2cccs2)CC1. The van der Waals surface area contributed by atoms with E-state index in [4.69, 9.17) is 9.84 Å². The fourth-order valence-corrected chi connectivity index (χ4v) is 2.82. The zero-order valence-electron chi connectivity index (χ0n) is 11.7. The zero-order chi connectivity index (χ0) is 15.1. The molecule has 1 amide bonds. The fourth-order valence-electron chi connectivity index (χ4n) is 2.20. The summed E-state index contributed by atoms with van der Waals surface area (Å²) in [5.74, 6) is -0.825. The van der Waals surface area contributed by atoms with E-state index in [0.717, 1.165) is 17.7 Å². The number of ether oxygens (including phenoxy) is 1. The van der Waals surface area contributed by atoms with Crippen molar-refractivity contribution in [2.24, 2.45) is 0 Å². The van der Waals surface area contributed by atoms with Crippen molar-refractivity contribution in [3.63, 3.8) is 0 Å². The quantitative estimate of drug-likeness (QED) is 0.818. The van der Waals surface area contributed by atoms with Crippen molar-refractivity contribution >= 4 is 29.3 Å². The Bertz CT molecular complexity index is 490. The maximum Gasteiger partial charge on any atom is 0.305 e. The molecule has 0 unspecified atom stereocenters. The number of hydrogen-bond donors (Lipinski definition) is 1. The molecule has 0 bridgehead atoms. The van der Waals surface area contributed by atoms with E-state index in [9.17, 15) is 9.59 Å². The highest BCUT2D eigenvalue weighted by atomic mass is 32.1. The predicted octanol–water partition coefficient (Wildman–Crippen LogP) is 2.24. The van der Waals surface area contributed by atoms with Crippen LogP contribution >= 0.6 is 11.3 Å². The summed E-state index contributed by atoms with van der Waals surface area (Å²) in [6.07, 6.45) is 5.06. The number of carbonyl (C=O) groups is 2. The molecule has 5 nitrogen and oxygen atoms in total. The van der Waals surface area contributed by atoms with Gasteiger partial charge in [0.15, 0.2) is 0 Å². The first-order valence-electron chi connectivity index (χ1n) is 6.99. The van der Waals surface area contributed by atoms with E-state index in [0.29, 0.717) is 13.1 Å². The summed E-state index contributed by atoms with van der Waals surface area (Å²) >= 11 is 1.60. The Labute approximate surface area is 127 Å². The number of carbonyl (C=O) groups excluding carboxylic acids is 1. The second kappa shape index (κ2) is 7.95. The van der Waals surface area contributed by atoms with Crippen molar-refractivity contribution < 1.29 is 19.4 Å². The van der Waals surface area contributed by atoms with Crippen LogP contribution in [0.25, 0.3) is 6.08 Å². The smallest absolute Gasteiger partial charge is 0.305 e. The lowest BCUT2D eigenvalue weighted by atomic mass is 10.1. The lowest BCUT2D eigenvalue weighted by Gasteiger charge is -2.31. The van der Waals surface area contributed by atoms with Gasteiger partial charge in [-0.2, -0.15) is 0 Å². The summed E-state index contributed by atoms with van der Waals surface area (Å²) in [6, 6.07) is 3.92. The third-order valence-corrected chi connectivity index (χ3v) is 4.19. The number of carboxylic acids is 1. The van der Waals surface area contributed by atoms with Crippen LogP contribution in [-0.4, -0.2) is 47.7 Å². The van der Waals surface area contributed by atoms with E-state index in [-0.39, 0.29) is 25.0 Å². The summed E-state index contributed by atoms with van der Waals surface area (Å²) in [4.78, 5) is 25.3. The van der Waals surface area contributed by atoms with E-state index in [1.807, 2.05) is 23.6 Å². The molecule has 1 saturated heterocycles. The molecule has 6 heteroatoms. The van der Waals surface area contributed by atoms with Gasteiger partial charge in [-0.1, -0.05) is 6.07 Å². The normalized spacial score (nSPS) is 16.5. The molecule has 1 aliphatic rings. The van der Waals surface area contributed by atoms with Gasteiger partial charge in [0.1, 0.15) is 0 Å². The fraction of sp³-hybridized carbons (Fsp3) is 0.467. The number of rotatable bonds is 6. The average Bonchev–Trinajstić information content (AvgIpc) is 2.98. The second-order valence-corrected chi connectivity index (χ2v) is 5.87. The van der Waals surface area contributed by atoms with Gasteiger partial charge < -0.3 is 14.7 Å². The number of aliphatic carboxylic acids is 1. The topological polar surface area (TPSA) is 66.8 Å². The number of nitrogens with zero attached hydrogens (tertiary/aromatic N) is 1. The van der Waals surface area contributed by atoms with Crippen molar-refractivity contribution in [2.75, 3.05) is 19.7 Å². The van der Waals surface area contributed by atoms with Crippen LogP contribution in [0.5, 0.6) is 0 Å². The maximum atomic E-state index is 12.0. The Kier molecular flexibility index (Phi) is 5.95. The van der Waals surface area contributed by atoms with E-state index >= 15 is 0 Å². The summed E-state index contributed by atoms with van der Waals surface area (Å²) in [7, 11) is 0. The molecule has 21 heavy (non-hydrogen) atoms. The first-order chi connectivity index (χ1) is 10.1. The van der Waals surface area contributed by atoms with Gasteiger partial charge in [0.2, 0.25) is 5.91 Å². The minimum absolute atomic E-state index is 0.0207. The first-order valence-corrected chi connectivity index (χ1v) is 7.87. The number of carboxylic acid groups (broad SMARTS) is 1. The van der Waals surface area contributed by atoms with Crippen molar-refractivity contribution in [3.8, 4) is 0 Å². The lowest BCUT2D eigenvalue weighted by molar-refractivity contribution is -0.138. The van der Waals surface area contributed by atoms with Gasteiger partial charge in [-0.25, -0.2) is 0 Å². The minimum Gasteiger partial charge on any atom is -0.481 e. The summed E-state index contributed by atoms with van der Waals surface area (Å²) in [5, 5.41) is 10.5. The Morgan fingerprint density at radius 3 is 2.81 bits per heavy atom. The third-order valence-electron chi connectivity index (χ3n) is 3.36. The molecule has 0 atom stereocenters. The van der Waals surface area contributed by atoms with Gasteiger partial charge in [-0.3, -0.25) is 9.59 Å². The highest BCUT2D eigenvalue weighted by molar-refractivity contribution is 7.10. The molecule has 2 rings (SSSR count). The summed E-state index contributed by atoms with van der Waals surface area (Å²) in [6.45, 7) is 1.56. The van der Waals surface area contributed by atoms with E-state index in [2.05, 4.69) is 0 Å². The van der Waals surface area contributed by atoms with Crippen LogP contribution in [0, 0.1) is 0 Å². The lowest BCUT2D eigenvalue weighted by Crippen LogP contribution is -2.40. The standard InChI is InChI=1S/C15H19NO4S/c17-14(4-3-13-2-1-11-21-13)16-8-5-12(6-9-16)20-10-7-15(18)19/h1-4,11-12H,5-10H2,(H,18,19). The van der Waals surface area contributed by atoms with Gasteiger partial charge in [0.25, 0.3) is 0 Å². The number of thiophene rings is 1. The molecular formula is C15H19NO4S. The largest absolute Gasteiger partial charge is 0.481 e. The van der Waals surface area contributed by atoms with Crippen molar-refractivity contribution in [3.05, 3.63) is 28.5 Å². The number of amides is 1. The Balaban J connectivity index is 1.70. The van der Waals surface area contributed by atoms with Gasteiger partial charge in [-0.05, 0) is 30.4 Å². The highest BCUT2D eigenvalue weighted by Crippen LogP contribution is 2.15. The van der Waals surface area contributed by atoms with Crippen LogP contribution in [0.2, 0.25) is 0 Å². The number of likely N-dealkylation sites (tertiary alicyclic amines) is 1. The molecule has 2 heterocycles. The van der Waals surface area contributed by atoms with Crippen molar-refractivity contribution in [1.29, 1.82) is 0 Å². The van der Waals surface area contributed by atoms with Gasteiger partial charge >= 0.3 is 5.97 Å². The number of piperidine rings is 1. The molecule has 0 radical (unpaired) electrons. The molecule has 0 aromatic carbocycles. The van der Waals surface area contributed by atoms with E-state index in [1.54, 1.807) is 22.3 Å². The molecule has 0 saturated carbocycles. The Morgan fingerprint density at radius 2 is 2.19 bits per heavy atom. The van der Waals surface area contributed by atoms with Gasteiger partial charge in [0.05, 0.1) is 19.1 Å². The number of hydrogen-bond acceptors (Lipinski definition) is 4. The zero-order valence-corrected chi connectivity index (χ0v) is 12.6. The van der Waals surface area contributed by atoms with Crippen molar-refractivity contribution in [1.82, 2.24) is 4.90 Å². The first kappa shape index (κ1) is 15.7. The van der Waals surface area contributed by atoms with Crippen LogP contribution in [0.4, 0.5) is 0 Å². The van der Waals surface area contributed by atoms with Crippen molar-refractivity contribution in [2.45, 2.75) is 25.4 Å². The van der Waals surface area contributed by atoms with Gasteiger partial charge in [0, 0.05) is 24.0 Å². The Morgan fingerprint density at radius 1 is 1.43 bits per heavy atom. The minimum atomic E-state index is -0.846. The monoisotopic (exact) mass is 309 g/mol. The van der Waals surface area contributed by atoms with Crippen LogP contribution in [0.1, 0.15) is 24.1 Å². The molecule has 1 aromatic rings. The highest BCUT2D eigenvalue weighted by Gasteiger charge is 2.22. The van der Waals surface area contributed by atoms with Crippen LogP contribution in [0.3, 0.4) is 0 Å². The van der Waals surface area contributed by atoms with E-state index < -0.39 is 5.97 Å². The summed E-state index contributed by atoms with van der Waals surface area (Å²) < 4.78 is 5.51. The summed E-state index contributed by atoms with van der Waals surface area (Å²) in [5.41, 5.74) is 0.